The van der Waals surface area contributed by atoms with Crippen LogP contribution in [-0.2, 0) is 9.59 Å². The van der Waals surface area contributed by atoms with Crippen molar-refractivity contribution in [3.63, 3.8) is 0 Å². The summed E-state index contributed by atoms with van der Waals surface area (Å²) in [5.41, 5.74) is 1.99. The SMILES string of the molecule is C[C@@H]1C[C@@H](O)c2ncnc(N3CCNCC3)c21.O=C(O)C(F)(F)F.O=C(O)C(F)(F)F. The van der Waals surface area contributed by atoms with Gasteiger partial charge in [-0.1, -0.05) is 6.92 Å². The summed E-state index contributed by atoms with van der Waals surface area (Å²) in [6, 6.07) is 0. The molecule has 0 amide bonds. The first-order chi connectivity index (χ1) is 14.2. The third-order valence-electron chi connectivity index (χ3n) is 4.18. The minimum Gasteiger partial charge on any atom is -0.475 e. The number of rotatable bonds is 1. The molecule has 1 fully saturated rings. The van der Waals surface area contributed by atoms with E-state index in [1.807, 2.05) is 0 Å². The number of carboxylic acids is 2. The average molecular weight is 462 g/mol. The molecule has 0 bridgehead atoms. The van der Waals surface area contributed by atoms with Gasteiger partial charge in [-0.05, 0) is 12.3 Å². The molecule has 0 aromatic carbocycles. The number of carbonyl (C=O) groups is 2. The number of aliphatic hydroxyl groups is 1. The van der Waals surface area contributed by atoms with Crippen LogP contribution in [0.1, 0.15) is 36.6 Å². The smallest absolute Gasteiger partial charge is 0.475 e. The summed E-state index contributed by atoms with van der Waals surface area (Å²) in [4.78, 5) is 28.8. The fourth-order valence-corrected chi connectivity index (χ4v) is 2.83. The highest BCUT2D eigenvalue weighted by molar-refractivity contribution is 5.73. The number of halogens is 6. The molecule has 0 unspecified atom stereocenters. The number of aromatic nitrogens is 2. The van der Waals surface area contributed by atoms with Crippen LogP contribution in [0.25, 0.3) is 0 Å². The van der Waals surface area contributed by atoms with E-state index >= 15 is 0 Å². The van der Waals surface area contributed by atoms with Crippen LogP contribution in [0.15, 0.2) is 6.33 Å². The van der Waals surface area contributed by atoms with E-state index in [-0.39, 0.29) is 0 Å². The van der Waals surface area contributed by atoms with Gasteiger partial charge in [0.05, 0.1) is 11.8 Å². The van der Waals surface area contributed by atoms with Gasteiger partial charge in [0.25, 0.3) is 0 Å². The van der Waals surface area contributed by atoms with E-state index in [2.05, 4.69) is 27.1 Å². The molecule has 176 valence electrons. The lowest BCUT2D eigenvalue weighted by atomic mass is 10.1. The molecule has 4 N–H and O–H groups in total. The second-order valence-electron chi connectivity index (χ2n) is 6.49. The summed E-state index contributed by atoms with van der Waals surface area (Å²) >= 11 is 0. The van der Waals surface area contributed by atoms with Gasteiger partial charge in [0.2, 0.25) is 0 Å². The molecule has 0 spiro atoms. The Morgan fingerprint density at radius 3 is 1.90 bits per heavy atom. The normalized spacial score (nSPS) is 20.6. The Balaban J connectivity index is 0.000000288. The van der Waals surface area contributed by atoms with Gasteiger partial charge in [-0.2, -0.15) is 26.3 Å². The first kappa shape index (κ1) is 26.4. The molecular formula is C16H20F6N4O5. The van der Waals surface area contributed by atoms with E-state index in [0.717, 1.165) is 49.7 Å². The first-order valence-corrected chi connectivity index (χ1v) is 8.75. The van der Waals surface area contributed by atoms with E-state index < -0.39 is 30.4 Å². The first-order valence-electron chi connectivity index (χ1n) is 8.75. The number of nitrogens with zero attached hydrogens (tertiary/aromatic N) is 3. The fourth-order valence-electron chi connectivity index (χ4n) is 2.83. The van der Waals surface area contributed by atoms with Crippen molar-refractivity contribution < 1.29 is 51.3 Å². The molecule has 1 saturated heterocycles. The number of aliphatic hydroxyl groups excluding tert-OH is 1. The zero-order valence-corrected chi connectivity index (χ0v) is 16.0. The van der Waals surface area contributed by atoms with Crippen molar-refractivity contribution in [2.45, 2.75) is 37.7 Å². The predicted molar refractivity (Wildman–Crippen MR) is 92.5 cm³/mol. The van der Waals surface area contributed by atoms with E-state index in [0.29, 0.717) is 5.92 Å². The topological polar surface area (TPSA) is 136 Å². The van der Waals surface area contributed by atoms with Crippen LogP contribution in [0, 0.1) is 0 Å². The lowest BCUT2D eigenvalue weighted by Crippen LogP contribution is -2.44. The van der Waals surface area contributed by atoms with Crippen LogP contribution in [0.3, 0.4) is 0 Å². The van der Waals surface area contributed by atoms with Crippen molar-refractivity contribution in [1.82, 2.24) is 15.3 Å². The molecule has 0 radical (unpaired) electrons. The Labute approximate surface area is 171 Å². The van der Waals surface area contributed by atoms with Gasteiger partial charge in [-0.15, -0.1) is 0 Å². The summed E-state index contributed by atoms with van der Waals surface area (Å²) in [5, 5.41) is 27.5. The number of piperazine rings is 1. The lowest BCUT2D eigenvalue weighted by Gasteiger charge is -2.30. The minimum atomic E-state index is -5.08. The molecule has 1 aromatic rings. The molecule has 15 heteroatoms. The van der Waals surface area contributed by atoms with Crippen molar-refractivity contribution in [2.75, 3.05) is 31.1 Å². The Morgan fingerprint density at radius 2 is 1.48 bits per heavy atom. The van der Waals surface area contributed by atoms with E-state index in [9.17, 15) is 31.4 Å². The molecule has 9 nitrogen and oxygen atoms in total. The van der Waals surface area contributed by atoms with Crippen LogP contribution >= 0.6 is 0 Å². The zero-order chi connectivity index (χ0) is 24.0. The van der Waals surface area contributed by atoms with Crippen LogP contribution in [0.4, 0.5) is 32.2 Å². The molecule has 2 atom stereocenters. The quantitative estimate of drug-likeness (QED) is 0.460. The van der Waals surface area contributed by atoms with Crippen LogP contribution < -0.4 is 10.2 Å². The van der Waals surface area contributed by atoms with Gasteiger partial charge in [-0.25, -0.2) is 19.6 Å². The number of anilines is 1. The van der Waals surface area contributed by atoms with Crippen molar-refractivity contribution in [1.29, 1.82) is 0 Å². The Morgan fingerprint density at radius 1 is 1.03 bits per heavy atom. The van der Waals surface area contributed by atoms with Crippen LogP contribution in [0.5, 0.6) is 0 Å². The minimum absolute atomic E-state index is 0.353. The van der Waals surface area contributed by atoms with E-state index in [1.165, 1.54) is 0 Å². The van der Waals surface area contributed by atoms with Gasteiger partial charge < -0.3 is 25.5 Å². The second-order valence-corrected chi connectivity index (χ2v) is 6.49. The van der Waals surface area contributed by atoms with Crippen LogP contribution in [0.2, 0.25) is 0 Å². The number of fused-ring (bicyclic) bond motifs is 1. The third kappa shape index (κ3) is 7.82. The average Bonchev–Trinajstić information content (AvgIpc) is 2.96. The Bertz CT molecular complexity index is 744. The van der Waals surface area contributed by atoms with Gasteiger partial charge >= 0.3 is 24.3 Å². The van der Waals surface area contributed by atoms with Gasteiger partial charge in [0.1, 0.15) is 12.1 Å². The number of nitrogens with one attached hydrogen (secondary N) is 1. The molecule has 3 rings (SSSR count). The molecule has 1 aromatic heterocycles. The fraction of sp³-hybridized carbons (Fsp3) is 0.625. The predicted octanol–water partition coefficient (Wildman–Crippen LogP) is 1.69. The Hall–Kier alpha value is -2.68. The summed E-state index contributed by atoms with van der Waals surface area (Å²) < 4.78 is 63.5. The molecular weight excluding hydrogens is 442 g/mol. The van der Waals surface area contributed by atoms with Gasteiger partial charge in [0, 0.05) is 31.7 Å². The molecule has 2 aliphatic rings. The summed E-state index contributed by atoms with van der Waals surface area (Å²) in [6.45, 7) is 6.09. The summed E-state index contributed by atoms with van der Waals surface area (Å²) in [5.74, 6) is -4.13. The number of carboxylic acid groups (broad SMARTS) is 2. The zero-order valence-electron chi connectivity index (χ0n) is 16.0. The highest BCUT2D eigenvalue weighted by atomic mass is 19.4. The maximum absolute atomic E-state index is 10.6. The lowest BCUT2D eigenvalue weighted by molar-refractivity contribution is -0.193. The molecule has 31 heavy (non-hydrogen) atoms. The largest absolute Gasteiger partial charge is 0.490 e. The monoisotopic (exact) mass is 462 g/mol. The Kier molecular flexibility index (Phi) is 8.98. The molecule has 0 saturated carbocycles. The molecule has 1 aliphatic carbocycles. The van der Waals surface area contributed by atoms with Crippen molar-refractivity contribution in [2.24, 2.45) is 0 Å². The highest BCUT2D eigenvalue weighted by Gasteiger charge is 2.39. The summed E-state index contributed by atoms with van der Waals surface area (Å²) in [6.07, 6.45) is -8.23. The summed E-state index contributed by atoms with van der Waals surface area (Å²) in [7, 11) is 0. The number of alkyl halides is 6. The highest BCUT2D eigenvalue weighted by Crippen LogP contribution is 2.42. The van der Waals surface area contributed by atoms with E-state index in [1.54, 1.807) is 6.33 Å². The van der Waals surface area contributed by atoms with E-state index in [4.69, 9.17) is 19.8 Å². The standard InChI is InChI=1S/C12H18N4O.2C2HF3O2/c1-8-6-9(17)11-10(8)12(15-7-14-11)16-4-2-13-3-5-16;2*3-2(4,5)1(6)7/h7-9,13,17H,2-6H2,1H3;2*(H,6,7)/t8-,9-;;/m1../s1. The maximum Gasteiger partial charge on any atom is 0.490 e. The maximum atomic E-state index is 10.6. The number of hydrogen-bond donors (Lipinski definition) is 4. The van der Waals surface area contributed by atoms with Crippen molar-refractivity contribution >= 4 is 17.8 Å². The molecule has 2 heterocycles. The van der Waals surface area contributed by atoms with Crippen LogP contribution in [-0.4, -0.2) is 75.8 Å². The van der Waals surface area contributed by atoms with Gasteiger partial charge in [0.15, 0.2) is 0 Å². The number of aliphatic carboxylic acids is 2. The van der Waals surface area contributed by atoms with Crippen molar-refractivity contribution in [3.8, 4) is 0 Å². The number of hydrogen-bond acceptors (Lipinski definition) is 7. The third-order valence-corrected chi connectivity index (χ3v) is 4.18. The van der Waals surface area contributed by atoms with Gasteiger partial charge in [-0.3, -0.25) is 0 Å². The van der Waals surface area contributed by atoms with Crippen molar-refractivity contribution in [3.05, 3.63) is 17.6 Å². The second kappa shape index (κ2) is 10.6. The molecule has 1 aliphatic heterocycles.